The van der Waals surface area contributed by atoms with E-state index in [1.807, 2.05) is 25.1 Å². The third-order valence-corrected chi connectivity index (χ3v) is 6.78. The molecule has 2 aromatic carbocycles. The zero-order valence-corrected chi connectivity index (χ0v) is 18.0. The summed E-state index contributed by atoms with van der Waals surface area (Å²) in [5.74, 6) is 0. The van der Waals surface area contributed by atoms with E-state index in [0.717, 1.165) is 15.6 Å². The quantitative estimate of drug-likeness (QED) is 0.495. The summed E-state index contributed by atoms with van der Waals surface area (Å²) in [6, 6.07) is 7.07. The Kier molecular flexibility index (Phi) is 6.03. The fourth-order valence-electron chi connectivity index (χ4n) is 3.44. The van der Waals surface area contributed by atoms with Crippen LogP contribution in [-0.2, 0) is 17.4 Å². The topological polar surface area (TPSA) is 44.9 Å². The van der Waals surface area contributed by atoms with Gasteiger partial charge in [-0.25, -0.2) is 8.93 Å². The van der Waals surface area contributed by atoms with Gasteiger partial charge in [-0.2, -0.15) is 13.2 Å². The molecule has 1 aromatic heterocycles. The first-order valence-corrected chi connectivity index (χ1v) is 10.6. The molecule has 3 rings (SSSR count). The number of aryl methyl sites for hydroxylation is 3. The molecule has 2 atom stereocenters. The van der Waals surface area contributed by atoms with Crippen LogP contribution in [0.25, 0.3) is 10.9 Å². The van der Waals surface area contributed by atoms with Crippen molar-refractivity contribution in [1.82, 2.24) is 9.71 Å². The summed E-state index contributed by atoms with van der Waals surface area (Å²) in [5, 5.41) is 0.707. The number of benzene rings is 2. The third kappa shape index (κ3) is 4.34. The number of H-pyrrole nitrogens is 1. The molecule has 0 amide bonds. The van der Waals surface area contributed by atoms with Crippen LogP contribution in [0.2, 0.25) is 0 Å². The van der Waals surface area contributed by atoms with Crippen LogP contribution in [-0.4, -0.2) is 21.4 Å². The number of nitrogens with one attached hydrogen (secondary N) is 2. The normalized spacial score (nSPS) is 14.4. The van der Waals surface area contributed by atoms with Crippen molar-refractivity contribution in [3.63, 3.8) is 0 Å². The van der Waals surface area contributed by atoms with Crippen molar-refractivity contribution < 1.29 is 17.4 Å². The second-order valence-electron chi connectivity index (χ2n) is 6.89. The number of hydrogen-bond acceptors (Lipinski definition) is 1. The number of rotatable bonds is 5. The Bertz CT molecular complexity index is 1020. The summed E-state index contributed by atoms with van der Waals surface area (Å²) in [6.45, 7) is 5.41. The molecule has 0 saturated carbocycles. The minimum Gasteiger partial charge on any atom is -0.360 e. The van der Waals surface area contributed by atoms with Crippen LogP contribution in [0.15, 0.2) is 45.9 Å². The minimum absolute atomic E-state index is 0.324. The standard InChI is InChI=1S/C20H20BrF3N2OS/c1-11-7-12(2)19(13(3)8-11)28(27)26-17(20(22,23)24)9-14-10-25-18-15(14)5-4-6-16(18)21/h4-8,10,17,25-26H,9H2,1-3H3. The monoisotopic (exact) mass is 472 g/mol. The van der Waals surface area contributed by atoms with Gasteiger partial charge >= 0.3 is 6.18 Å². The average molecular weight is 473 g/mol. The zero-order valence-electron chi connectivity index (χ0n) is 15.6. The molecule has 1 heterocycles. The van der Waals surface area contributed by atoms with Gasteiger partial charge in [-0.1, -0.05) is 29.8 Å². The molecule has 0 saturated heterocycles. The Hall–Kier alpha value is -1.64. The number of para-hydroxylation sites is 1. The highest BCUT2D eigenvalue weighted by atomic mass is 79.9. The number of fused-ring (bicyclic) bond motifs is 1. The van der Waals surface area contributed by atoms with Crippen molar-refractivity contribution in [3.8, 4) is 0 Å². The summed E-state index contributed by atoms with van der Waals surface area (Å²) in [6.07, 6.45) is -3.30. The number of hydrogen-bond donors (Lipinski definition) is 2. The summed E-state index contributed by atoms with van der Waals surface area (Å²) in [4.78, 5) is 3.41. The molecule has 8 heteroatoms. The first kappa shape index (κ1) is 21.1. The van der Waals surface area contributed by atoms with Crippen LogP contribution in [0, 0.1) is 20.8 Å². The van der Waals surface area contributed by atoms with Gasteiger partial charge < -0.3 is 4.98 Å². The van der Waals surface area contributed by atoms with Crippen LogP contribution in [0.4, 0.5) is 13.2 Å². The van der Waals surface area contributed by atoms with E-state index in [1.165, 1.54) is 0 Å². The molecule has 3 aromatic rings. The number of halogens is 4. The largest absolute Gasteiger partial charge is 0.405 e. The van der Waals surface area contributed by atoms with Crippen LogP contribution in [0.1, 0.15) is 22.3 Å². The second kappa shape index (κ2) is 8.00. The van der Waals surface area contributed by atoms with E-state index in [2.05, 4.69) is 25.6 Å². The van der Waals surface area contributed by atoms with Crippen LogP contribution in [0.5, 0.6) is 0 Å². The lowest BCUT2D eigenvalue weighted by atomic mass is 10.1. The van der Waals surface area contributed by atoms with E-state index in [0.29, 0.717) is 27.0 Å². The maximum Gasteiger partial charge on any atom is 0.405 e. The molecular formula is C20H20BrF3N2OS. The predicted molar refractivity (Wildman–Crippen MR) is 110 cm³/mol. The highest BCUT2D eigenvalue weighted by Crippen LogP contribution is 2.30. The first-order valence-electron chi connectivity index (χ1n) is 8.65. The second-order valence-corrected chi connectivity index (χ2v) is 8.92. The van der Waals surface area contributed by atoms with Crippen molar-refractivity contribution in [2.75, 3.05) is 0 Å². The minimum atomic E-state index is -4.54. The van der Waals surface area contributed by atoms with Crippen molar-refractivity contribution >= 4 is 37.8 Å². The fourth-order valence-corrected chi connectivity index (χ4v) is 5.21. The Balaban J connectivity index is 1.91. The number of aromatic amines is 1. The molecule has 0 bridgehead atoms. The summed E-state index contributed by atoms with van der Waals surface area (Å²) >= 11 is 3.39. The van der Waals surface area contributed by atoms with E-state index in [1.54, 1.807) is 32.2 Å². The molecule has 0 fully saturated rings. The van der Waals surface area contributed by atoms with Gasteiger partial charge in [0.15, 0.2) is 0 Å². The van der Waals surface area contributed by atoms with Gasteiger partial charge in [-0.15, -0.1) is 0 Å². The highest BCUT2D eigenvalue weighted by molar-refractivity contribution is 9.10. The Morgan fingerprint density at radius 2 is 1.82 bits per heavy atom. The third-order valence-electron chi connectivity index (χ3n) is 4.61. The number of alkyl halides is 3. The smallest absolute Gasteiger partial charge is 0.360 e. The SMILES string of the molecule is Cc1cc(C)c(S(=O)NC(Cc2c[nH]c3c(Br)cccc23)C(F)(F)F)c(C)c1. The van der Waals surface area contributed by atoms with Gasteiger partial charge in [0.2, 0.25) is 0 Å². The molecule has 0 radical (unpaired) electrons. The lowest BCUT2D eigenvalue weighted by Gasteiger charge is -2.22. The van der Waals surface area contributed by atoms with Gasteiger partial charge in [0.25, 0.3) is 0 Å². The Morgan fingerprint density at radius 3 is 2.43 bits per heavy atom. The molecule has 2 N–H and O–H groups in total. The maximum atomic E-state index is 13.7. The average Bonchev–Trinajstić information content (AvgIpc) is 2.97. The lowest BCUT2D eigenvalue weighted by Crippen LogP contribution is -2.44. The Labute approximate surface area is 172 Å². The van der Waals surface area contributed by atoms with Gasteiger partial charge in [0.1, 0.15) is 17.0 Å². The van der Waals surface area contributed by atoms with Crippen molar-refractivity contribution in [1.29, 1.82) is 0 Å². The Morgan fingerprint density at radius 1 is 1.18 bits per heavy atom. The van der Waals surface area contributed by atoms with Gasteiger partial charge in [0, 0.05) is 16.1 Å². The molecule has 0 spiro atoms. The maximum absolute atomic E-state index is 13.7. The van der Waals surface area contributed by atoms with Crippen LogP contribution >= 0.6 is 15.9 Å². The first-order chi connectivity index (χ1) is 13.1. The fraction of sp³-hybridized carbons (Fsp3) is 0.300. The number of aromatic nitrogens is 1. The molecule has 150 valence electrons. The molecule has 0 aliphatic rings. The summed E-state index contributed by atoms with van der Waals surface area (Å²) in [7, 11) is -1.98. The lowest BCUT2D eigenvalue weighted by molar-refractivity contribution is -0.150. The summed E-state index contributed by atoms with van der Waals surface area (Å²) in [5.41, 5.74) is 3.65. The van der Waals surface area contributed by atoms with Gasteiger partial charge in [0.05, 0.1) is 10.4 Å². The molecular weight excluding hydrogens is 453 g/mol. The van der Waals surface area contributed by atoms with Crippen molar-refractivity contribution in [2.24, 2.45) is 0 Å². The molecule has 0 aliphatic heterocycles. The van der Waals surface area contributed by atoms with Gasteiger partial charge in [-0.05, 0) is 65.9 Å². The van der Waals surface area contributed by atoms with E-state index in [9.17, 15) is 17.4 Å². The van der Waals surface area contributed by atoms with Crippen LogP contribution < -0.4 is 4.72 Å². The van der Waals surface area contributed by atoms with E-state index in [4.69, 9.17) is 0 Å². The summed E-state index contributed by atoms with van der Waals surface area (Å²) < 4.78 is 57.0. The predicted octanol–water partition coefficient (Wildman–Crippen LogP) is 5.64. The zero-order chi connectivity index (χ0) is 20.6. The van der Waals surface area contributed by atoms with E-state index < -0.39 is 23.2 Å². The molecule has 28 heavy (non-hydrogen) atoms. The molecule has 2 unspecified atom stereocenters. The van der Waals surface area contributed by atoms with E-state index >= 15 is 0 Å². The van der Waals surface area contributed by atoms with Gasteiger partial charge in [-0.3, -0.25) is 0 Å². The van der Waals surface area contributed by atoms with Crippen molar-refractivity contribution in [3.05, 3.63) is 63.3 Å². The molecule has 3 nitrogen and oxygen atoms in total. The highest BCUT2D eigenvalue weighted by Gasteiger charge is 2.41. The van der Waals surface area contributed by atoms with Crippen LogP contribution in [0.3, 0.4) is 0 Å². The van der Waals surface area contributed by atoms with Crippen molar-refractivity contribution in [2.45, 2.75) is 44.3 Å². The van der Waals surface area contributed by atoms with E-state index in [-0.39, 0.29) is 6.42 Å². The molecule has 0 aliphatic carbocycles.